The predicted molar refractivity (Wildman–Crippen MR) is 92.4 cm³/mol. The fourth-order valence-electron chi connectivity index (χ4n) is 2.73. The van der Waals surface area contributed by atoms with E-state index < -0.39 is 10.0 Å². The Morgan fingerprint density at radius 2 is 1.96 bits per heavy atom. The van der Waals surface area contributed by atoms with Crippen molar-refractivity contribution in [1.29, 1.82) is 0 Å². The molecule has 24 heavy (non-hydrogen) atoms. The summed E-state index contributed by atoms with van der Waals surface area (Å²) in [6.45, 7) is 1.70. The highest BCUT2D eigenvalue weighted by Gasteiger charge is 2.25. The molecule has 0 aromatic carbocycles. The predicted octanol–water partition coefficient (Wildman–Crippen LogP) is 1.97. The number of aromatic nitrogens is 1. The second-order valence-electron chi connectivity index (χ2n) is 5.76. The Kier molecular flexibility index (Phi) is 5.27. The highest BCUT2D eigenvalue weighted by atomic mass is 32.2. The first-order chi connectivity index (χ1) is 11.6. The summed E-state index contributed by atoms with van der Waals surface area (Å²) in [5, 5.41) is 1.75. The maximum absolute atomic E-state index is 12.4. The van der Waals surface area contributed by atoms with Crippen LogP contribution < -0.4 is 4.72 Å². The zero-order valence-electron chi connectivity index (χ0n) is 13.1. The Hall–Kier alpha value is -1.77. The van der Waals surface area contributed by atoms with Crippen molar-refractivity contribution in [1.82, 2.24) is 14.6 Å². The van der Waals surface area contributed by atoms with Gasteiger partial charge in [0.2, 0.25) is 10.0 Å². The number of hydrogen-bond donors (Lipinski definition) is 1. The van der Waals surface area contributed by atoms with Crippen LogP contribution >= 0.6 is 11.3 Å². The Labute approximate surface area is 145 Å². The smallest absolute Gasteiger partial charge is 0.253 e. The molecular weight excluding hydrogens is 346 g/mol. The van der Waals surface area contributed by atoms with Gasteiger partial charge >= 0.3 is 0 Å². The van der Waals surface area contributed by atoms with Gasteiger partial charge in [-0.15, -0.1) is 11.3 Å². The normalized spacial score (nSPS) is 16.2. The molecule has 2 aromatic heterocycles. The molecule has 3 rings (SSSR count). The molecule has 0 spiro atoms. The molecule has 8 heteroatoms. The molecule has 1 aliphatic heterocycles. The van der Waals surface area contributed by atoms with E-state index in [0.29, 0.717) is 29.4 Å². The number of piperidine rings is 1. The highest BCUT2D eigenvalue weighted by Crippen LogP contribution is 2.20. The molecule has 0 bridgehead atoms. The van der Waals surface area contributed by atoms with Gasteiger partial charge in [0.25, 0.3) is 5.91 Å². The van der Waals surface area contributed by atoms with Gasteiger partial charge in [0, 0.05) is 37.6 Å². The molecule has 1 fully saturated rings. The SMILES string of the molecule is O=C(c1ccncc1)N1CCC(CNS(=O)(=O)c2cccs2)CC1. The number of pyridine rings is 1. The van der Waals surface area contributed by atoms with Gasteiger partial charge < -0.3 is 4.90 Å². The van der Waals surface area contributed by atoms with Crippen LogP contribution in [0.4, 0.5) is 0 Å². The minimum absolute atomic E-state index is 0.00927. The summed E-state index contributed by atoms with van der Waals surface area (Å²) in [5.74, 6) is 0.260. The van der Waals surface area contributed by atoms with Crippen LogP contribution in [-0.4, -0.2) is 43.8 Å². The van der Waals surface area contributed by atoms with E-state index in [-0.39, 0.29) is 11.8 Å². The van der Waals surface area contributed by atoms with E-state index in [2.05, 4.69) is 9.71 Å². The maximum atomic E-state index is 12.4. The van der Waals surface area contributed by atoms with Crippen molar-refractivity contribution in [2.45, 2.75) is 17.1 Å². The summed E-state index contributed by atoms with van der Waals surface area (Å²) < 4.78 is 27.3. The monoisotopic (exact) mass is 365 g/mol. The molecule has 0 saturated carbocycles. The second-order valence-corrected chi connectivity index (χ2v) is 8.70. The van der Waals surface area contributed by atoms with Crippen LogP contribution in [0.25, 0.3) is 0 Å². The molecule has 1 amide bonds. The van der Waals surface area contributed by atoms with E-state index >= 15 is 0 Å². The fraction of sp³-hybridized carbons (Fsp3) is 0.375. The summed E-state index contributed by atoms with van der Waals surface area (Å²) in [6.07, 6.45) is 4.81. The van der Waals surface area contributed by atoms with E-state index in [1.807, 2.05) is 4.90 Å². The van der Waals surface area contributed by atoms with Crippen molar-refractivity contribution in [3.63, 3.8) is 0 Å². The first-order valence-corrected chi connectivity index (χ1v) is 10.1. The number of likely N-dealkylation sites (tertiary alicyclic amines) is 1. The summed E-state index contributed by atoms with van der Waals surface area (Å²) in [7, 11) is -3.41. The quantitative estimate of drug-likeness (QED) is 0.879. The molecule has 1 N–H and O–H groups in total. The average Bonchev–Trinajstić information content (AvgIpc) is 3.16. The summed E-state index contributed by atoms with van der Waals surface area (Å²) in [6, 6.07) is 6.75. The van der Waals surface area contributed by atoms with E-state index in [0.717, 1.165) is 12.8 Å². The lowest BCUT2D eigenvalue weighted by atomic mass is 9.97. The fourth-order valence-corrected chi connectivity index (χ4v) is 4.89. The maximum Gasteiger partial charge on any atom is 0.253 e. The molecule has 2 aromatic rings. The molecule has 1 aliphatic rings. The minimum Gasteiger partial charge on any atom is -0.339 e. The third-order valence-corrected chi connectivity index (χ3v) is 6.97. The molecular formula is C16H19N3O3S2. The van der Waals surface area contributed by atoms with E-state index in [4.69, 9.17) is 0 Å². The summed E-state index contributed by atoms with van der Waals surface area (Å²) >= 11 is 1.21. The molecule has 0 atom stereocenters. The van der Waals surface area contributed by atoms with Crippen LogP contribution in [-0.2, 0) is 10.0 Å². The summed E-state index contributed by atoms with van der Waals surface area (Å²) in [4.78, 5) is 18.1. The van der Waals surface area contributed by atoms with Crippen molar-refractivity contribution in [3.05, 3.63) is 47.6 Å². The molecule has 0 unspecified atom stereocenters. The summed E-state index contributed by atoms with van der Waals surface area (Å²) in [5.41, 5.74) is 0.641. The number of carbonyl (C=O) groups is 1. The van der Waals surface area contributed by atoms with Gasteiger partial charge in [-0.25, -0.2) is 13.1 Å². The van der Waals surface area contributed by atoms with Crippen LogP contribution in [0.15, 0.2) is 46.2 Å². The first-order valence-electron chi connectivity index (χ1n) is 7.79. The Bertz CT molecular complexity index is 768. The van der Waals surface area contributed by atoms with Gasteiger partial charge in [-0.1, -0.05) is 6.07 Å². The molecule has 0 radical (unpaired) electrons. The Morgan fingerprint density at radius 3 is 2.58 bits per heavy atom. The number of nitrogens with zero attached hydrogens (tertiary/aromatic N) is 2. The van der Waals surface area contributed by atoms with Gasteiger partial charge in [0.1, 0.15) is 4.21 Å². The molecule has 128 valence electrons. The number of thiophene rings is 1. The van der Waals surface area contributed by atoms with Crippen molar-refractivity contribution < 1.29 is 13.2 Å². The number of carbonyl (C=O) groups excluding carboxylic acids is 1. The zero-order valence-corrected chi connectivity index (χ0v) is 14.7. The lowest BCUT2D eigenvalue weighted by Gasteiger charge is -2.32. The highest BCUT2D eigenvalue weighted by molar-refractivity contribution is 7.91. The van der Waals surface area contributed by atoms with Gasteiger partial charge in [-0.05, 0) is 42.3 Å². The number of amides is 1. The lowest BCUT2D eigenvalue weighted by Crippen LogP contribution is -2.41. The molecule has 6 nitrogen and oxygen atoms in total. The van der Waals surface area contributed by atoms with Gasteiger partial charge in [-0.2, -0.15) is 0 Å². The van der Waals surface area contributed by atoms with Crippen molar-refractivity contribution >= 4 is 27.3 Å². The van der Waals surface area contributed by atoms with Crippen molar-refractivity contribution in [3.8, 4) is 0 Å². The molecule has 3 heterocycles. The second kappa shape index (κ2) is 7.42. The van der Waals surface area contributed by atoms with Crippen molar-refractivity contribution in [2.75, 3.05) is 19.6 Å². The average molecular weight is 365 g/mol. The van der Waals surface area contributed by atoms with Crippen LogP contribution in [0.2, 0.25) is 0 Å². The zero-order chi connectivity index (χ0) is 17.0. The third-order valence-electron chi connectivity index (χ3n) is 4.15. The first kappa shape index (κ1) is 17.1. The standard InChI is InChI=1S/C16H19N3O3S2/c20-16(14-3-7-17-8-4-14)19-9-5-13(6-10-19)12-18-24(21,22)15-2-1-11-23-15/h1-4,7-8,11,13,18H,5-6,9-10,12H2. The number of nitrogens with one attached hydrogen (secondary N) is 1. The van der Waals surface area contributed by atoms with Crippen LogP contribution in [0, 0.1) is 5.92 Å². The van der Waals surface area contributed by atoms with Gasteiger partial charge in [-0.3, -0.25) is 9.78 Å². The van der Waals surface area contributed by atoms with Crippen LogP contribution in [0.5, 0.6) is 0 Å². The van der Waals surface area contributed by atoms with Crippen LogP contribution in [0.3, 0.4) is 0 Å². The van der Waals surface area contributed by atoms with Crippen LogP contribution in [0.1, 0.15) is 23.2 Å². The number of rotatable bonds is 5. The number of hydrogen-bond acceptors (Lipinski definition) is 5. The van der Waals surface area contributed by atoms with Gasteiger partial charge in [0.05, 0.1) is 0 Å². The van der Waals surface area contributed by atoms with E-state index in [9.17, 15) is 13.2 Å². The molecule has 1 saturated heterocycles. The Balaban J connectivity index is 1.50. The largest absolute Gasteiger partial charge is 0.339 e. The number of sulfonamides is 1. The van der Waals surface area contributed by atoms with Crippen molar-refractivity contribution in [2.24, 2.45) is 5.92 Å². The minimum atomic E-state index is -3.41. The topological polar surface area (TPSA) is 79.4 Å². The molecule has 0 aliphatic carbocycles. The Morgan fingerprint density at radius 1 is 1.25 bits per heavy atom. The van der Waals surface area contributed by atoms with E-state index in [1.54, 1.807) is 42.0 Å². The lowest BCUT2D eigenvalue weighted by molar-refractivity contribution is 0.0692. The third kappa shape index (κ3) is 4.00. The van der Waals surface area contributed by atoms with Gasteiger partial charge in [0.15, 0.2) is 0 Å². The van der Waals surface area contributed by atoms with E-state index in [1.165, 1.54) is 11.3 Å².